The van der Waals surface area contributed by atoms with Gasteiger partial charge in [0.2, 0.25) is 0 Å². The summed E-state index contributed by atoms with van der Waals surface area (Å²) in [5, 5.41) is 0. The number of ether oxygens (including phenoxy) is 1. The third-order valence-electron chi connectivity index (χ3n) is 2.94. The molecule has 0 spiro atoms. The van der Waals surface area contributed by atoms with Crippen LogP contribution in [0.5, 0.6) is 0 Å². The normalized spacial score (nSPS) is 25.5. The lowest BCUT2D eigenvalue weighted by atomic mass is 10.0. The molecule has 3 heteroatoms. The van der Waals surface area contributed by atoms with Crippen LogP contribution >= 0.6 is 0 Å². The molecule has 2 unspecified atom stereocenters. The quantitative estimate of drug-likeness (QED) is 0.697. The number of nitrogens with two attached hydrogens (primary N) is 1. The molecule has 0 saturated carbocycles. The molecule has 0 amide bonds. The van der Waals surface area contributed by atoms with E-state index < -0.39 is 0 Å². The second-order valence-corrected chi connectivity index (χ2v) is 4.42. The monoisotopic (exact) mass is 200 g/mol. The first kappa shape index (κ1) is 12.0. The van der Waals surface area contributed by atoms with Crippen molar-refractivity contribution in [3.8, 4) is 0 Å². The van der Waals surface area contributed by atoms with Crippen molar-refractivity contribution in [1.82, 2.24) is 4.90 Å². The summed E-state index contributed by atoms with van der Waals surface area (Å²) in [6.07, 6.45) is 4.03. The Hall–Kier alpha value is -0.120. The third-order valence-corrected chi connectivity index (χ3v) is 2.94. The first-order valence-electron chi connectivity index (χ1n) is 5.73. The Labute approximate surface area is 87.6 Å². The highest BCUT2D eigenvalue weighted by molar-refractivity contribution is 4.78. The lowest BCUT2D eigenvalue weighted by Crippen LogP contribution is -2.39. The van der Waals surface area contributed by atoms with Crippen molar-refractivity contribution in [2.24, 2.45) is 11.7 Å². The molecule has 0 aliphatic carbocycles. The Morgan fingerprint density at radius 3 is 3.00 bits per heavy atom. The van der Waals surface area contributed by atoms with Crippen LogP contribution in [0.4, 0.5) is 0 Å². The number of likely N-dealkylation sites (tertiary alicyclic amines) is 1. The lowest BCUT2D eigenvalue weighted by molar-refractivity contribution is 0.160. The molecule has 0 bridgehead atoms. The molecule has 0 aromatic heterocycles. The van der Waals surface area contributed by atoms with Crippen LogP contribution in [0.1, 0.15) is 26.2 Å². The molecule has 84 valence electrons. The molecule has 0 radical (unpaired) electrons. The fourth-order valence-electron chi connectivity index (χ4n) is 2.32. The fourth-order valence-corrected chi connectivity index (χ4v) is 2.32. The van der Waals surface area contributed by atoms with Gasteiger partial charge in [0.05, 0.1) is 6.61 Å². The highest BCUT2D eigenvalue weighted by Crippen LogP contribution is 2.20. The van der Waals surface area contributed by atoms with E-state index in [-0.39, 0.29) is 6.04 Å². The highest BCUT2D eigenvalue weighted by atomic mass is 16.5. The van der Waals surface area contributed by atoms with Gasteiger partial charge >= 0.3 is 0 Å². The Morgan fingerprint density at radius 1 is 1.57 bits per heavy atom. The second kappa shape index (κ2) is 6.38. The summed E-state index contributed by atoms with van der Waals surface area (Å²) >= 11 is 0. The molecule has 1 fully saturated rings. The van der Waals surface area contributed by atoms with Gasteiger partial charge in [0.25, 0.3) is 0 Å². The molecule has 1 aliphatic rings. The molecule has 14 heavy (non-hydrogen) atoms. The molecule has 0 aromatic rings. The minimum absolute atomic E-state index is 0.181. The number of hydrogen-bond acceptors (Lipinski definition) is 3. The molecule has 1 saturated heterocycles. The zero-order valence-electron chi connectivity index (χ0n) is 9.54. The van der Waals surface area contributed by atoms with Crippen molar-refractivity contribution >= 4 is 0 Å². The zero-order chi connectivity index (χ0) is 10.4. The standard InChI is InChI=1S/C11H24N2O/c1-3-4-10-5-6-13(7-10)8-11(12)9-14-2/h10-11H,3-9,12H2,1-2H3. The Kier molecular flexibility index (Phi) is 5.45. The first-order chi connectivity index (χ1) is 6.76. The molecular formula is C11H24N2O. The van der Waals surface area contributed by atoms with Crippen molar-refractivity contribution in [2.75, 3.05) is 33.4 Å². The fraction of sp³-hybridized carbons (Fsp3) is 1.00. The summed E-state index contributed by atoms with van der Waals surface area (Å²) in [4.78, 5) is 2.48. The van der Waals surface area contributed by atoms with E-state index in [2.05, 4.69) is 11.8 Å². The van der Waals surface area contributed by atoms with Crippen LogP contribution in [0.25, 0.3) is 0 Å². The van der Waals surface area contributed by atoms with Gasteiger partial charge in [0.15, 0.2) is 0 Å². The van der Waals surface area contributed by atoms with Gasteiger partial charge in [-0.2, -0.15) is 0 Å². The van der Waals surface area contributed by atoms with E-state index in [1.54, 1.807) is 7.11 Å². The van der Waals surface area contributed by atoms with Crippen molar-refractivity contribution in [2.45, 2.75) is 32.2 Å². The van der Waals surface area contributed by atoms with E-state index in [1.807, 2.05) is 0 Å². The van der Waals surface area contributed by atoms with Crippen molar-refractivity contribution in [1.29, 1.82) is 0 Å². The minimum Gasteiger partial charge on any atom is -0.383 e. The van der Waals surface area contributed by atoms with Gasteiger partial charge < -0.3 is 15.4 Å². The minimum atomic E-state index is 0.181. The largest absolute Gasteiger partial charge is 0.383 e. The average molecular weight is 200 g/mol. The molecule has 0 aromatic carbocycles. The second-order valence-electron chi connectivity index (χ2n) is 4.42. The summed E-state index contributed by atoms with van der Waals surface area (Å²) in [5.41, 5.74) is 5.92. The lowest BCUT2D eigenvalue weighted by Gasteiger charge is -2.20. The van der Waals surface area contributed by atoms with Crippen molar-refractivity contribution < 1.29 is 4.74 Å². The number of hydrogen-bond donors (Lipinski definition) is 1. The van der Waals surface area contributed by atoms with Crippen molar-refractivity contribution in [3.63, 3.8) is 0 Å². The number of methoxy groups -OCH3 is 1. The average Bonchev–Trinajstić information content (AvgIpc) is 2.53. The van der Waals surface area contributed by atoms with Crippen LogP contribution in [0.15, 0.2) is 0 Å². The number of nitrogens with zero attached hydrogens (tertiary/aromatic N) is 1. The van der Waals surface area contributed by atoms with E-state index >= 15 is 0 Å². The summed E-state index contributed by atoms with van der Waals surface area (Å²) in [5.74, 6) is 0.912. The molecule has 1 rings (SSSR count). The molecule has 1 heterocycles. The van der Waals surface area contributed by atoms with Crippen molar-refractivity contribution in [3.05, 3.63) is 0 Å². The van der Waals surface area contributed by atoms with E-state index in [0.717, 1.165) is 12.5 Å². The van der Waals surface area contributed by atoms with Gasteiger partial charge in [-0.05, 0) is 25.3 Å². The smallest absolute Gasteiger partial charge is 0.0626 e. The predicted octanol–water partition coefficient (Wildman–Crippen LogP) is 1.08. The van der Waals surface area contributed by atoms with Gasteiger partial charge in [-0.3, -0.25) is 0 Å². The Balaban J connectivity index is 2.15. The van der Waals surface area contributed by atoms with E-state index in [0.29, 0.717) is 6.61 Å². The molecule has 2 N–H and O–H groups in total. The van der Waals surface area contributed by atoms with E-state index in [4.69, 9.17) is 10.5 Å². The van der Waals surface area contributed by atoms with Crippen LogP contribution in [0, 0.1) is 5.92 Å². The number of rotatable bonds is 6. The van der Waals surface area contributed by atoms with Gasteiger partial charge in [0.1, 0.15) is 0 Å². The topological polar surface area (TPSA) is 38.5 Å². The first-order valence-corrected chi connectivity index (χ1v) is 5.73. The highest BCUT2D eigenvalue weighted by Gasteiger charge is 2.22. The summed E-state index contributed by atoms with van der Waals surface area (Å²) in [7, 11) is 1.71. The zero-order valence-corrected chi connectivity index (χ0v) is 9.54. The molecule has 2 atom stereocenters. The summed E-state index contributed by atoms with van der Waals surface area (Å²) < 4.78 is 5.04. The SMILES string of the molecule is CCCC1CCN(CC(N)COC)C1. The molecule has 3 nitrogen and oxygen atoms in total. The van der Waals surface area contributed by atoms with Crippen LogP contribution in [-0.4, -0.2) is 44.3 Å². The van der Waals surface area contributed by atoms with E-state index in [1.165, 1.54) is 32.4 Å². The Bertz CT molecular complexity index is 152. The molecular weight excluding hydrogens is 176 g/mol. The van der Waals surface area contributed by atoms with Gasteiger partial charge in [-0.25, -0.2) is 0 Å². The van der Waals surface area contributed by atoms with Crippen LogP contribution in [0.2, 0.25) is 0 Å². The van der Waals surface area contributed by atoms with Crippen LogP contribution in [0.3, 0.4) is 0 Å². The van der Waals surface area contributed by atoms with E-state index in [9.17, 15) is 0 Å². The van der Waals surface area contributed by atoms with Crippen LogP contribution < -0.4 is 5.73 Å². The van der Waals surface area contributed by atoms with Gasteiger partial charge in [-0.15, -0.1) is 0 Å². The van der Waals surface area contributed by atoms with Gasteiger partial charge in [0, 0.05) is 26.2 Å². The van der Waals surface area contributed by atoms with Gasteiger partial charge in [-0.1, -0.05) is 13.3 Å². The summed E-state index contributed by atoms with van der Waals surface area (Å²) in [6, 6.07) is 0.181. The van der Waals surface area contributed by atoms with Crippen LogP contribution in [-0.2, 0) is 4.74 Å². The maximum Gasteiger partial charge on any atom is 0.0626 e. The summed E-state index contributed by atoms with van der Waals surface area (Å²) in [6.45, 7) is 6.40. The predicted molar refractivity (Wildman–Crippen MR) is 59.3 cm³/mol. The third kappa shape index (κ3) is 3.95. The maximum atomic E-state index is 5.92. The Morgan fingerprint density at radius 2 is 2.36 bits per heavy atom. The molecule has 1 aliphatic heterocycles. The maximum absolute atomic E-state index is 5.92.